The van der Waals surface area contributed by atoms with Crippen LogP contribution in [0.15, 0.2) is 18.2 Å². The zero-order valence-corrected chi connectivity index (χ0v) is 10.2. The zero-order chi connectivity index (χ0) is 12.4. The third-order valence-electron chi connectivity index (χ3n) is 3.57. The van der Waals surface area contributed by atoms with Crippen LogP contribution < -0.4 is 4.90 Å². The predicted molar refractivity (Wildman–Crippen MR) is 67.1 cm³/mol. The Hall–Kier alpha value is -1.82. The largest absolute Gasteiger partial charge is 0.371 e. The van der Waals surface area contributed by atoms with Crippen molar-refractivity contribution in [2.75, 3.05) is 11.9 Å². The number of benzene rings is 1. The number of carbonyl (C=O) groups is 1. The van der Waals surface area contributed by atoms with Crippen molar-refractivity contribution in [2.45, 2.75) is 25.8 Å². The van der Waals surface area contributed by atoms with Crippen LogP contribution in [-0.2, 0) is 0 Å². The van der Waals surface area contributed by atoms with Crippen molar-refractivity contribution in [3.8, 4) is 6.07 Å². The van der Waals surface area contributed by atoms with E-state index in [1.165, 1.54) is 12.8 Å². The fraction of sp³-hybridized carbons (Fsp3) is 0.429. The van der Waals surface area contributed by atoms with Gasteiger partial charge in [-0.1, -0.05) is 0 Å². The highest BCUT2D eigenvalue weighted by atomic mass is 16.1. The SMILES string of the molecule is CC(C1CC1)N(C)c1ccc(C=O)cc1C#N. The van der Waals surface area contributed by atoms with Crippen molar-refractivity contribution in [2.24, 2.45) is 5.92 Å². The molecule has 0 bridgehead atoms. The smallest absolute Gasteiger partial charge is 0.150 e. The summed E-state index contributed by atoms with van der Waals surface area (Å²) in [6, 6.07) is 7.89. The maximum atomic E-state index is 10.7. The summed E-state index contributed by atoms with van der Waals surface area (Å²) in [4.78, 5) is 12.8. The molecule has 1 aliphatic carbocycles. The van der Waals surface area contributed by atoms with Crippen LogP contribution in [0.5, 0.6) is 0 Å². The monoisotopic (exact) mass is 228 g/mol. The highest BCUT2D eigenvalue weighted by Crippen LogP contribution is 2.36. The fourth-order valence-electron chi connectivity index (χ4n) is 2.14. The van der Waals surface area contributed by atoms with E-state index in [9.17, 15) is 4.79 Å². The molecule has 1 aromatic rings. The van der Waals surface area contributed by atoms with Crippen LogP contribution in [0.4, 0.5) is 5.69 Å². The van der Waals surface area contributed by atoms with Gasteiger partial charge in [0.25, 0.3) is 0 Å². The summed E-state index contributed by atoms with van der Waals surface area (Å²) < 4.78 is 0. The summed E-state index contributed by atoms with van der Waals surface area (Å²) in [7, 11) is 2.01. The molecule has 0 N–H and O–H groups in total. The topological polar surface area (TPSA) is 44.1 Å². The molecule has 17 heavy (non-hydrogen) atoms. The lowest BCUT2D eigenvalue weighted by Crippen LogP contribution is -2.31. The van der Waals surface area contributed by atoms with Gasteiger partial charge in [-0.3, -0.25) is 4.79 Å². The van der Waals surface area contributed by atoms with E-state index in [2.05, 4.69) is 17.9 Å². The third kappa shape index (κ3) is 2.31. The Morgan fingerprint density at radius 2 is 2.24 bits per heavy atom. The molecule has 3 heteroatoms. The van der Waals surface area contributed by atoms with Gasteiger partial charge in [-0.25, -0.2) is 0 Å². The molecule has 0 amide bonds. The Morgan fingerprint density at radius 1 is 1.53 bits per heavy atom. The van der Waals surface area contributed by atoms with Gasteiger partial charge >= 0.3 is 0 Å². The van der Waals surface area contributed by atoms with Crippen LogP contribution in [0.1, 0.15) is 35.7 Å². The minimum Gasteiger partial charge on any atom is -0.371 e. The molecule has 1 atom stereocenters. The summed E-state index contributed by atoms with van der Waals surface area (Å²) in [6.07, 6.45) is 3.33. The Balaban J connectivity index is 2.30. The fourth-order valence-corrected chi connectivity index (χ4v) is 2.14. The summed E-state index contributed by atoms with van der Waals surface area (Å²) in [5.41, 5.74) is 2.04. The van der Waals surface area contributed by atoms with Crippen molar-refractivity contribution in [1.82, 2.24) is 0 Å². The first-order valence-corrected chi connectivity index (χ1v) is 5.89. The van der Waals surface area contributed by atoms with E-state index in [1.807, 2.05) is 13.1 Å². The van der Waals surface area contributed by atoms with Crippen molar-refractivity contribution in [1.29, 1.82) is 5.26 Å². The Labute approximate surface area is 102 Å². The second kappa shape index (κ2) is 4.58. The number of carbonyl (C=O) groups excluding carboxylic acids is 1. The molecule has 1 fully saturated rings. The summed E-state index contributed by atoms with van der Waals surface area (Å²) in [5, 5.41) is 9.13. The molecule has 0 spiro atoms. The zero-order valence-electron chi connectivity index (χ0n) is 10.2. The molecule has 1 saturated carbocycles. The van der Waals surface area contributed by atoms with Crippen molar-refractivity contribution < 1.29 is 4.79 Å². The standard InChI is InChI=1S/C14H16N2O/c1-10(12-4-5-12)16(2)14-6-3-11(9-17)7-13(14)8-15/h3,6-7,9-10,12H,4-5H2,1-2H3. The average Bonchev–Trinajstić information content (AvgIpc) is 3.20. The Kier molecular flexibility index (Phi) is 3.14. The summed E-state index contributed by atoms with van der Waals surface area (Å²) in [6.45, 7) is 2.19. The molecule has 3 nitrogen and oxygen atoms in total. The first-order valence-electron chi connectivity index (χ1n) is 5.89. The van der Waals surface area contributed by atoms with Crippen molar-refractivity contribution in [3.05, 3.63) is 29.3 Å². The number of hydrogen-bond donors (Lipinski definition) is 0. The number of nitrogens with zero attached hydrogens (tertiary/aromatic N) is 2. The molecule has 0 heterocycles. The Morgan fingerprint density at radius 3 is 2.76 bits per heavy atom. The first kappa shape index (κ1) is 11.7. The van der Waals surface area contributed by atoms with Crippen LogP contribution >= 0.6 is 0 Å². The lowest BCUT2D eigenvalue weighted by molar-refractivity contribution is 0.112. The average molecular weight is 228 g/mol. The highest BCUT2D eigenvalue weighted by molar-refractivity contribution is 5.78. The lowest BCUT2D eigenvalue weighted by atomic mass is 10.1. The van der Waals surface area contributed by atoms with Gasteiger partial charge in [-0.2, -0.15) is 5.26 Å². The first-order chi connectivity index (χ1) is 8.17. The predicted octanol–water partition coefficient (Wildman–Crippen LogP) is 2.61. The highest BCUT2D eigenvalue weighted by Gasteiger charge is 2.31. The van der Waals surface area contributed by atoms with E-state index < -0.39 is 0 Å². The number of hydrogen-bond acceptors (Lipinski definition) is 3. The van der Waals surface area contributed by atoms with E-state index >= 15 is 0 Å². The molecule has 1 aromatic carbocycles. The second-order valence-electron chi connectivity index (χ2n) is 4.70. The number of anilines is 1. The van der Waals surface area contributed by atoms with Crippen molar-refractivity contribution in [3.63, 3.8) is 0 Å². The molecular formula is C14H16N2O. The van der Waals surface area contributed by atoms with Crippen molar-refractivity contribution >= 4 is 12.0 Å². The number of rotatable bonds is 4. The number of nitriles is 1. The van der Waals surface area contributed by atoms with Crippen LogP contribution in [0.3, 0.4) is 0 Å². The molecule has 2 rings (SSSR count). The van der Waals surface area contributed by atoms with Gasteiger partial charge in [0.05, 0.1) is 11.3 Å². The molecule has 0 aromatic heterocycles. The molecule has 0 aliphatic heterocycles. The van der Waals surface area contributed by atoms with E-state index in [0.29, 0.717) is 17.2 Å². The minimum atomic E-state index is 0.448. The van der Waals surface area contributed by atoms with Crippen LogP contribution in [0, 0.1) is 17.2 Å². The Bertz CT molecular complexity index is 472. The minimum absolute atomic E-state index is 0.448. The van der Waals surface area contributed by atoms with E-state index in [0.717, 1.165) is 17.9 Å². The van der Waals surface area contributed by atoms with Gasteiger partial charge in [0, 0.05) is 18.7 Å². The van der Waals surface area contributed by atoms with Gasteiger partial charge in [-0.15, -0.1) is 0 Å². The maximum Gasteiger partial charge on any atom is 0.150 e. The summed E-state index contributed by atoms with van der Waals surface area (Å²) in [5.74, 6) is 0.747. The van der Waals surface area contributed by atoms with Crippen LogP contribution in [0.25, 0.3) is 0 Å². The normalized spacial score (nSPS) is 16.1. The van der Waals surface area contributed by atoms with Gasteiger partial charge < -0.3 is 4.90 Å². The van der Waals surface area contributed by atoms with Gasteiger partial charge in [0.2, 0.25) is 0 Å². The van der Waals surface area contributed by atoms with Gasteiger partial charge in [-0.05, 0) is 43.9 Å². The second-order valence-corrected chi connectivity index (χ2v) is 4.70. The molecule has 0 saturated heterocycles. The van der Waals surface area contributed by atoms with E-state index in [4.69, 9.17) is 5.26 Å². The quantitative estimate of drug-likeness (QED) is 0.744. The van der Waals surface area contributed by atoms with E-state index in [1.54, 1.807) is 12.1 Å². The lowest BCUT2D eigenvalue weighted by Gasteiger charge is -2.28. The third-order valence-corrected chi connectivity index (χ3v) is 3.57. The van der Waals surface area contributed by atoms with Gasteiger partial charge in [0.1, 0.15) is 12.4 Å². The summed E-state index contributed by atoms with van der Waals surface area (Å²) >= 11 is 0. The van der Waals surface area contributed by atoms with Crippen LogP contribution in [-0.4, -0.2) is 19.4 Å². The molecular weight excluding hydrogens is 212 g/mol. The molecule has 88 valence electrons. The van der Waals surface area contributed by atoms with Crippen LogP contribution in [0.2, 0.25) is 0 Å². The van der Waals surface area contributed by atoms with Gasteiger partial charge in [0.15, 0.2) is 0 Å². The molecule has 0 radical (unpaired) electrons. The maximum absolute atomic E-state index is 10.7. The molecule has 1 unspecified atom stereocenters. The molecule has 1 aliphatic rings. The van der Waals surface area contributed by atoms with E-state index in [-0.39, 0.29) is 0 Å². The number of aldehydes is 1.